The quantitative estimate of drug-likeness (QED) is 0.708. The largest absolute Gasteiger partial charge is 0.449 e. The Balaban J connectivity index is 2.40. The van der Waals surface area contributed by atoms with Gasteiger partial charge in [0.15, 0.2) is 0 Å². The van der Waals surface area contributed by atoms with Crippen LogP contribution in [0.3, 0.4) is 0 Å². The van der Waals surface area contributed by atoms with Crippen molar-refractivity contribution in [3.8, 4) is 6.07 Å². The third-order valence-corrected chi connectivity index (χ3v) is 3.48. The predicted octanol–water partition coefficient (Wildman–Crippen LogP) is 2.79. The highest BCUT2D eigenvalue weighted by Crippen LogP contribution is 2.33. The normalized spacial score (nSPS) is 20.1. The van der Waals surface area contributed by atoms with Crippen LogP contribution in [-0.2, 0) is 4.74 Å². The fourth-order valence-corrected chi connectivity index (χ4v) is 2.00. The average molecular weight is 238 g/mol. The minimum absolute atomic E-state index is 0.227. The van der Waals surface area contributed by atoms with Crippen LogP contribution in [0.25, 0.3) is 0 Å². The highest BCUT2D eigenvalue weighted by Gasteiger charge is 2.37. The second kappa shape index (κ2) is 5.90. The van der Waals surface area contributed by atoms with Crippen molar-refractivity contribution in [3.63, 3.8) is 0 Å². The molecule has 4 heteroatoms. The van der Waals surface area contributed by atoms with Crippen molar-refractivity contribution in [3.05, 3.63) is 0 Å². The molecule has 1 aliphatic heterocycles. The number of unbranched alkanes of at least 4 members (excludes halogenated alkanes) is 1. The summed E-state index contributed by atoms with van der Waals surface area (Å²) in [5.74, 6) is 0.256. The molecule has 96 valence electrons. The molecule has 1 aliphatic rings. The molecule has 1 atom stereocenters. The average Bonchev–Trinajstić information content (AvgIpc) is 2.79. The van der Waals surface area contributed by atoms with E-state index in [4.69, 9.17) is 10.00 Å². The van der Waals surface area contributed by atoms with E-state index in [9.17, 15) is 4.79 Å². The van der Waals surface area contributed by atoms with E-state index in [2.05, 4.69) is 13.0 Å². The molecule has 0 spiro atoms. The summed E-state index contributed by atoms with van der Waals surface area (Å²) in [5.41, 5.74) is -0.363. The summed E-state index contributed by atoms with van der Waals surface area (Å²) in [7, 11) is 0. The number of nitriles is 1. The summed E-state index contributed by atoms with van der Waals surface area (Å²) in [6, 6.07) is 2.32. The van der Waals surface area contributed by atoms with Gasteiger partial charge in [-0.25, -0.2) is 4.79 Å². The van der Waals surface area contributed by atoms with Crippen molar-refractivity contribution in [2.24, 2.45) is 11.3 Å². The molecule has 0 N–H and O–H groups in total. The van der Waals surface area contributed by atoms with Gasteiger partial charge in [0.05, 0.1) is 18.1 Å². The minimum Gasteiger partial charge on any atom is -0.449 e. The van der Waals surface area contributed by atoms with Crippen molar-refractivity contribution in [1.29, 1.82) is 5.26 Å². The number of hydrogen-bond donors (Lipinski definition) is 0. The first-order chi connectivity index (χ1) is 8.01. The summed E-state index contributed by atoms with van der Waals surface area (Å²) in [6.07, 6.45) is 2.60. The maximum absolute atomic E-state index is 11.7. The molecule has 0 aliphatic carbocycles. The van der Waals surface area contributed by atoms with E-state index in [1.807, 2.05) is 13.8 Å². The van der Waals surface area contributed by atoms with Crippen LogP contribution in [0.15, 0.2) is 0 Å². The lowest BCUT2D eigenvalue weighted by atomic mass is 9.80. The van der Waals surface area contributed by atoms with Gasteiger partial charge in [0.25, 0.3) is 0 Å². The molecule has 1 amide bonds. The molecule has 0 saturated carbocycles. The van der Waals surface area contributed by atoms with Gasteiger partial charge >= 0.3 is 6.09 Å². The fourth-order valence-electron chi connectivity index (χ4n) is 2.00. The van der Waals surface area contributed by atoms with E-state index in [-0.39, 0.29) is 17.4 Å². The zero-order chi connectivity index (χ0) is 12.9. The highest BCUT2D eigenvalue weighted by atomic mass is 16.6. The Bertz CT molecular complexity index is 307. The summed E-state index contributed by atoms with van der Waals surface area (Å²) >= 11 is 0. The molecule has 17 heavy (non-hydrogen) atoms. The molecule has 0 aromatic rings. The van der Waals surface area contributed by atoms with Crippen molar-refractivity contribution < 1.29 is 9.53 Å². The molecule has 1 heterocycles. The first-order valence-electron chi connectivity index (χ1n) is 6.34. The molecule has 1 saturated heterocycles. The summed E-state index contributed by atoms with van der Waals surface area (Å²) in [6.45, 7) is 7.78. The maximum atomic E-state index is 11.7. The number of likely N-dealkylation sites (tertiary alicyclic amines) is 1. The molecule has 0 bridgehead atoms. The fraction of sp³-hybridized carbons (Fsp3) is 0.846. The second-order valence-electron chi connectivity index (χ2n) is 5.23. The van der Waals surface area contributed by atoms with Gasteiger partial charge in [0.2, 0.25) is 0 Å². The van der Waals surface area contributed by atoms with Gasteiger partial charge in [-0.2, -0.15) is 5.26 Å². The van der Waals surface area contributed by atoms with Crippen LogP contribution in [0.5, 0.6) is 0 Å². The number of amides is 1. The lowest BCUT2D eigenvalue weighted by Crippen LogP contribution is -2.32. The van der Waals surface area contributed by atoms with Gasteiger partial charge in [-0.3, -0.25) is 0 Å². The molecule has 0 aromatic carbocycles. The van der Waals surface area contributed by atoms with E-state index in [1.54, 1.807) is 4.90 Å². The molecule has 1 fully saturated rings. The predicted molar refractivity (Wildman–Crippen MR) is 65.3 cm³/mol. The van der Waals surface area contributed by atoms with Crippen LogP contribution in [0.2, 0.25) is 0 Å². The molecule has 4 nitrogen and oxygen atoms in total. The van der Waals surface area contributed by atoms with Gasteiger partial charge in [0.1, 0.15) is 0 Å². The third kappa shape index (κ3) is 3.62. The van der Waals surface area contributed by atoms with Crippen LogP contribution in [0.4, 0.5) is 4.79 Å². The number of ether oxygens (including phenoxy) is 1. The van der Waals surface area contributed by atoms with Crippen LogP contribution in [0.1, 0.15) is 40.0 Å². The van der Waals surface area contributed by atoms with Gasteiger partial charge in [-0.1, -0.05) is 13.3 Å². The van der Waals surface area contributed by atoms with Gasteiger partial charge in [-0.05, 0) is 32.6 Å². The summed E-state index contributed by atoms with van der Waals surface area (Å²) in [4.78, 5) is 13.4. The molecule has 1 rings (SSSR count). The topological polar surface area (TPSA) is 53.3 Å². The van der Waals surface area contributed by atoms with E-state index in [1.165, 1.54) is 0 Å². The lowest BCUT2D eigenvalue weighted by Gasteiger charge is -2.23. The Labute approximate surface area is 104 Å². The SMILES string of the molecule is CCCCOC(=O)N1CCC(C(C)(C)C#N)C1. The first kappa shape index (κ1) is 13.8. The van der Waals surface area contributed by atoms with Crippen molar-refractivity contribution in [2.45, 2.75) is 40.0 Å². The Morgan fingerprint density at radius 2 is 2.29 bits per heavy atom. The van der Waals surface area contributed by atoms with Crippen molar-refractivity contribution in [1.82, 2.24) is 4.90 Å². The number of rotatable bonds is 4. The summed E-state index contributed by atoms with van der Waals surface area (Å²) in [5, 5.41) is 9.07. The van der Waals surface area contributed by atoms with Crippen molar-refractivity contribution in [2.75, 3.05) is 19.7 Å². The van der Waals surface area contributed by atoms with Gasteiger partial charge in [0, 0.05) is 13.1 Å². The van der Waals surface area contributed by atoms with Crippen LogP contribution < -0.4 is 0 Å². The monoisotopic (exact) mass is 238 g/mol. The maximum Gasteiger partial charge on any atom is 0.409 e. The number of nitrogens with zero attached hydrogens (tertiary/aromatic N) is 2. The number of carbonyl (C=O) groups is 1. The van der Waals surface area contributed by atoms with E-state index < -0.39 is 0 Å². The third-order valence-electron chi connectivity index (χ3n) is 3.48. The second-order valence-corrected chi connectivity index (χ2v) is 5.23. The zero-order valence-corrected chi connectivity index (χ0v) is 11.0. The molecular weight excluding hydrogens is 216 g/mol. The Hall–Kier alpha value is -1.24. The Kier molecular flexibility index (Phi) is 4.80. The van der Waals surface area contributed by atoms with Gasteiger partial charge in [-0.15, -0.1) is 0 Å². The number of hydrogen-bond acceptors (Lipinski definition) is 3. The Morgan fingerprint density at radius 3 is 2.88 bits per heavy atom. The van der Waals surface area contributed by atoms with Crippen molar-refractivity contribution >= 4 is 6.09 Å². The van der Waals surface area contributed by atoms with Gasteiger partial charge < -0.3 is 9.64 Å². The first-order valence-corrected chi connectivity index (χ1v) is 6.34. The van der Waals surface area contributed by atoms with E-state index in [0.29, 0.717) is 19.7 Å². The molecule has 1 unspecified atom stereocenters. The van der Waals surface area contributed by atoms with Crippen LogP contribution in [0, 0.1) is 22.7 Å². The van der Waals surface area contributed by atoms with Crippen LogP contribution >= 0.6 is 0 Å². The van der Waals surface area contributed by atoms with E-state index in [0.717, 1.165) is 19.3 Å². The minimum atomic E-state index is -0.363. The van der Waals surface area contributed by atoms with E-state index >= 15 is 0 Å². The molecule has 0 aromatic heterocycles. The molecular formula is C13H22N2O2. The lowest BCUT2D eigenvalue weighted by molar-refractivity contribution is 0.106. The number of carbonyl (C=O) groups excluding carboxylic acids is 1. The standard InChI is InChI=1S/C13H22N2O2/c1-4-5-8-17-12(16)15-7-6-11(9-15)13(2,3)10-14/h11H,4-9H2,1-3H3. The zero-order valence-electron chi connectivity index (χ0n) is 11.0. The Morgan fingerprint density at radius 1 is 1.59 bits per heavy atom. The highest BCUT2D eigenvalue weighted by molar-refractivity contribution is 5.67. The molecule has 0 radical (unpaired) electrons. The smallest absolute Gasteiger partial charge is 0.409 e. The van der Waals surface area contributed by atoms with Crippen LogP contribution in [-0.4, -0.2) is 30.7 Å². The summed E-state index contributed by atoms with van der Waals surface area (Å²) < 4.78 is 5.17.